The average molecular weight is 260 g/mol. The van der Waals surface area contributed by atoms with E-state index in [2.05, 4.69) is 41.6 Å². The molecule has 18 heavy (non-hydrogen) atoms. The van der Waals surface area contributed by atoms with Crippen LogP contribution in [-0.4, -0.2) is 9.55 Å². The first-order chi connectivity index (χ1) is 8.66. The summed E-state index contributed by atoms with van der Waals surface area (Å²) in [6.07, 6.45) is 5.17. The molecule has 2 aromatic rings. The highest BCUT2D eigenvalue weighted by Crippen LogP contribution is 2.34. The molecule has 1 aliphatic rings. The van der Waals surface area contributed by atoms with Crippen molar-refractivity contribution in [2.75, 3.05) is 0 Å². The fourth-order valence-electron chi connectivity index (χ4n) is 3.21. The Bertz CT molecular complexity index is 615. The molecule has 1 aromatic carbocycles. The standard InChI is InChI=1S/C15H20N2S/c1-10-6-8-12(9-7-10)17-14-11(2)4-3-5-13(14)16-15(17)18/h3-5,10,12H,6-9H2,1-2H3,(H,16,18). The molecule has 96 valence electrons. The van der Waals surface area contributed by atoms with Crippen LogP contribution in [0.1, 0.15) is 44.2 Å². The maximum Gasteiger partial charge on any atom is 0.178 e. The molecular formula is C15H20N2S. The van der Waals surface area contributed by atoms with Gasteiger partial charge in [-0.25, -0.2) is 0 Å². The summed E-state index contributed by atoms with van der Waals surface area (Å²) in [4.78, 5) is 3.35. The molecule has 0 aliphatic heterocycles. The number of H-pyrrole nitrogens is 1. The highest BCUT2D eigenvalue weighted by atomic mass is 32.1. The van der Waals surface area contributed by atoms with Crippen molar-refractivity contribution in [2.24, 2.45) is 5.92 Å². The molecule has 0 atom stereocenters. The Kier molecular flexibility index (Phi) is 3.02. The minimum atomic E-state index is 0.587. The second kappa shape index (κ2) is 4.54. The van der Waals surface area contributed by atoms with Gasteiger partial charge in [0.25, 0.3) is 0 Å². The first-order valence-corrected chi connectivity index (χ1v) is 7.27. The molecule has 3 rings (SSSR count). The second-order valence-corrected chi connectivity index (χ2v) is 6.07. The van der Waals surface area contributed by atoms with Gasteiger partial charge in [0.05, 0.1) is 11.0 Å². The highest BCUT2D eigenvalue weighted by Gasteiger charge is 2.22. The summed E-state index contributed by atoms with van der Waals surface area (Å²) in [5.41, 5.74) is 3.80. The SMILES string of the molecule is Cc1cccc2[nH]c(=S)n(C3CCC(C)CC3)c12. The lowest BCUT2D eigenvalue weighted by Crippen LogP contribution is -2.17. The van der Waals surface area contributed by atoms with E-state index in [1.165, 1.54) is 42.3 Å². The third-order valence-electron chi connectivity index (χ3n) is 4.29. The predicted molar refractivity (Wildman–Crippen MR) is 78.5 cm³/mol. The summed E-state index contributed by atoms with van der Waals surface area (Å²) in [7, 11) is 0. The molecule has 1 fully saturated rings. The molecule has 1 aromatic heterocycles. The van der Waals surface area contributed by atoms with Gasteiger partial charge in [0.1, 0.15) is 0 Å². The van der Waals surface area contributed by atoms with Crippen LogP contribution in [0, 0.1) is 17.6 Å². The Hall–Kier alpha value is -1.09. The van der Waals surface area contributed by atoms with Gasteiger partial charge in [-0.1, -0.05) is 19.1 Å². The monoisotopic (exact) mass is 260 g/mol. The number of rotatable bonds is 1. The molecule has 1 aliphatic carbocycles. The maximum absolute atomic E-state index is 5.53. The number of imidazole rings is 1. The molecule has 1 saturated carbocycles. The van der Waals surface area contributed by atoms with Crippen molar-refractivity contribution in [2.45, 2.75) is 45.6 Å². The largest absolute Gasteiger partial charge is 0.331 e. The van der Waals surface area contributed by atoms with Gasteiger partial charge in [0.15, 0.2) is 4.77 Å². The van der Waals surface area contributed by atoms with Crippen LogP contribution in [-0.2, 0) is 0 Å². The molecule has 0 spiro atoms. The third-order valence-corrected chi connectivity index (χ3v) is 4.59. The van der Waals surface area contributed by atoms with E-state index in [4.69, 9.17) is 12.2 Å². The van der Waals surface area contributed by atoms with Gasteiger partial charge in [-0.3, -0.25) is 0 Å². The van der Waals surface area contributed by atoms with Crippen molar-refractivity contribution in [3.63, 3.8) is 0 Å². The van der Waals surface area contributed by atoms with E-state index in [-0.39, 0.29) is 0 Å². The van der Waals surface area contributed by atoms with Gasteiger partial charge in [-0.15, -0.1) is 0 Å². The molecular weight excluding hydrogens is 240 g/mol. The molecule has 3 heteroatoms. The summed E-state index contributed by atoms with van der Waals surface area (Å²) >= 11 is 5.53. The highest BCUT2D eigenvalue weighted by molar-refractivity contribution is 7.71. The minimum Gasteiger partial charge on any atom is -0.331 e. The normalized spacial score (nSPS) is 24.6. The fourth-order valence-corrected chi connectivity index (χ4v) is 3.56. The zero-order valence-electron chi connectivity index (χ0n) is 11.1. The van der Waals surface area contributed by atoms with Crippen molar-refractivity contribution in [1.82, 2.24) is 9.55 Å². The van der Waals surface area contributed by atoms with Crippen LogP contribution in [0.25, 0.3) is 11.0 Å². The second-order valence-electron chi connectivity index (χ2n) is 5.68. The van der Waals surface area contributed by atoms with Crippen LogP contribution in [0.5, 0.6) is 0 Å². The van der Waals surface area contributed by atoms with Crippen molar-refractivity contribution < 1.29 is 0 Å². The van der Waals surface area contributed by atoms with Crippen molar-refractivity contribution in [1.29, 1.82) is 0 Å². The number of para-hydroxylation sites is 1. The van der Waals surface area contributed by atoms with E-state index in [0.717, 1.165) is 10.7 Å². The number of nitrogens with one attached hydrogen (secondary N) is 1. The predicted octanol–water partition coefficient (Wildman–Crippen LogP) is 4.76. The van der Waals surface area contributed by atoms with E-state index < -0.39 is 0 Å². The first-order valence-electron chi connectivity index (χ1n) is 6.86. The minimum absolute atomic E-state index is 0.587. The van der Waals surface area contributed by atoms with Gasteiger partial charge >= 0.3 is 0 Å². The summed E-state index contributed by atoms with van der Waals surface area (Å²) in [5.74, 6) is 0.877. The van der Waals surface area contributed by atoms with E-state index in [1.54, 1.807) is 0 Å². The van der Waals surface area contributed by atoms with Gasteiger partial charge in [-0.05, 0) is 62.4 Å². The van der Waals surface area contributed by atoms with Gasteiger partial charge < -0.3 is 9.55 Å². The van der Waals surface area contributed by atoms with Crippen LogP contribution in [0.3, 0.4) is 0 Å². The van der Waals surface area contributed by atoms with Crippen LogP contribution < -0.4 is 0 Å². The lowest BCUT2D eigenvalue weighted by molar-refractivity contribution is 0.292. The molecule has 2 nitrogen and oxygen atoms in total. The Balaban J connectivity index is 2.11. The molecule has 1 heterocycles. The Morgan fingerprint density at radius 2 is 1.94 bits per heavy atom. The molecule has 0 amide bonds. The number of aryl methyl sites for hydroxylation is 1. The van der Waals surface area contributed by atoms with Crippen molar-refractivity contribution in [3.05, 3.63) is 28.5 Å². The number of hydrogen-bond donors (Lipinski definition) is 1. The van der Waals surface area contributed by atoms with Crippen LogP contribution in [0.4, 0.5) is 0 Å². The summed E-state index contributed by atoms with van der Waals surface area (Å²) < 4.78 is 3.25. The summed E-state index contributed by atoms with van der Waals surface area (Å²) in [6.45, 7) is 4.53. The molecule has 0 saturated heterocycles. The van der Waals surface area contributed by atoms with Crippen molar-refractivity contribution in [3.8, 4) is 0 Å². The summed E-state index contributed by atoms with van der Waals surface area (Å²) in [5, 5.41) is 0. The first kappa shape index (κ1) is 12.0. The number of nitrogens with zero attached hydrogens (tertiary/aromatic N) is 1. The zero-order valence-corrected chi connectivity index (χ0v) is 11.9. The Morgan fingerprint density at radius 1 is 1.22 bits per heavy atom. The quantitative estimate of drug-likeness (QED) is 0.733. The topological polar surface area (TPSA) is 20.7 Å². The number of fused-ring (bicyclic) bond motifs is 1. The molecule has 0 unspecified atom stereocenters. The van der Waals surface area contributed by atoms with Gasteiger partial charge in [-0.2, -0.15) is 0 Å². The van der Waals surface area contributed by atoms with E-state index in [1.807, 2.05) is 0 Å². The number of benzene rings is 1. The summed E-state index contributed by atoms with van der Waals surface area (Å²) in [6, 6.07) is 6.98. The molecule has 1 N–H and O–H groups in total. The Labute approximate surface area is 113 Å². The third kappa shape index (κ3) is 1.91. The van der Waals surface area contributed by atoms with Gasteiger partial charge in [0, 0.05) is 6.04 Å². The van der Waals surface area contributed by atoms with Crippen LogP contribution in [0.15, 0.2) is 18.2 Å². The fraction of sp³-hybridized carbons (Fsp3) is 0.533. The Morgan fingerprint density at radius 3 is 2.67 bits per heavy atom. The lowest BCUT2D eigenvalue weighted by atomic mass is 9.87. The van der Waals surface area contributed by atoms with E-state index >= 15 is 0 Å². The lowest BCUT2D eigenvalue weighted by Gasteiger charge is -2.28. The maximum atomic E-state index is 5.53. The number of hydrogen-bond acceptors (Lipinski definition) is 1. The number of aromatic amines is 1. The van der Waals surface area contributed by atoms with E-state index in [0.29, 0.717) is 6.04 Å². The average Bonchev–Trinajstić information content (AvgIpc) is 2.68. The van der Waals surface area contributed by atoms with E-state index in [9.17, 15) is 0 Å². The molecule has 0 bridgehead atoms. The van der Waals surface area contributed by atoms with Crippen LogP contribution >= 0.6 is 12.2 Å². The van der Waals surface area contributed by atoms with Gasteiger partial charge in [0.2, 0.25) is 0 Å². The smallest absolute Gasteiger partial charge is 0.178 e. The van der Waals surface area contributed by atoms with Crippen LogP contribution in [0.2, 0.25) is 0 Å². The number of aromatic nitrogens is 2. The van der Waals surface area contributed by atoms with Crippen molar-refractivity contribution >= 4 is 23.3 Å². The zero-order chi connectivity index (χ0) is 12.7. The molecule has 0 radical (unpaired) electrons.